The van der Waals surface area contributed by atoms with E-state index >= 15 is 0 Å². The minimum absolute atomic E-state index is 1.34. The molecule has 0 saturated heterocycles. The molecular formula is C10H22Br2Zr. The molecule has 0 nitrogen and oxygen atoms in total. The zero-order valence-corrected chi connectivity index (χ0v) is 14.5. The number of unbranched alkanes of at least 4 members (excludes halogenated alkanes) is 4. The second-order valence-corrected chi connectivity index (χ2v) is 34.7. The number of halogens is 2. The zero-order chi connectivity index (χ0) is 10.2. The van der Waals surface area contributed by atoms with Crippen LogP contribution in [0.25, 0.3) is 0 Å². The summed E-state index contributed by atoms with van der Waals surface area (Å²) in [5.74, 6) is 0. The van der Waals surface area contributed by atoms with Crippen LogP contribution in [0.3, 0.4) is 0 Å². The Morgan fingerprint density at radius 1 is 0.769 bits per heavy atom. The molecule has 0 atom stereocenters. The van der Waals surface area contributed by atoms with Crippen LogP contribution in [0.15, 0.2) is 0 Å². The van der Waals surface area contributed by atoms with Gasteiger partial charge in [0.05, 0.1) is 0 Å². The van der Waals surface area contributed by atoms with Crippen molar-refractivity contribution in [1.29, 1.82) is 0 Å². The van der Waals surface area contributed by atoms with Gasteiger partial charge in [-0.25, -0.2) is 0 Å². The summed E-state index contributed by atoms with van der Waals surface area (Å²) < 4.78 is 2.93. The van der Waals surface area contributed by atoms with Gasteiger partial charge in [-0.3, -0.25) is 0 Å². The van der Waals surface area contributed by atoms with E-state index < -0.39 is 15.6 Å². The molecule has 0 aliphatic rings. The molecule has 0 saturated carbocycles. The summed E-state index contributed by atoms with van der Waals surface area (Å²) in [6.07, 6.45) is 8.35. The Morgan fingerprint density at radius 3 is 1.46 bits per heavy atom. The van der Waals surface area contributed by atoms with Crippen molar-refractivity contribution in [3.05, 3.63) is 0 Å². The Balaban J connectivity index is 3.42. The molecule has 0 radical (unpaired) electrons. The first-order valence-corrected chi connectivity index (χ1v) is 20.2. The van der Waals surface area contributed by atoms with Crippen LogP contribution >= 0.6 is 24.4 Å². The maximum absolute atomic E-state index is 3.97. The van der Waals surface area contributed by atoms with E-state index in [1.807, 2.05) is 0 Å². The summed E-state index contributed by atoms with van der Waals surface area (Å²) in [7, 11) is 0. The van der Waals surface area contributed by atoms with Gasteiger partial charge in [0.1, 0.15) is 0 Å². The third-order valence-electron chi connectivity index (χ3n) is 2.29. The molecule has 0 amide bonds. The quantitative estimate of drug-likeness (QED) is 0.445. The maximum atomic E-state index is 3.97. The summed E-state index contributed by atoms with van der Waals surface area (Å²) in [5.41, 5.74) is 0. The fraction of sp³-hybridized carbons (Fsp3) is 1.00. The summed E-state index contributed by atoms with van der Waals surface area (Å²) in [5, 5.41) is 0. The summed E-state index contributed by atoms with van der Waals surface area (Å²) in [6.45, 7) is 4.55. The molecule has 0 fully saturated rings. The van der Waals surface area contributed by atoms with Gasteiger partial charge >= 0.3 is 101 Å². The van der Waals surface area contributed by atoms with E-state index in [0.29, 0.717) is 0 Å². The van der Waals surface area contributed by atoms with E-state index in [9.17, 15) is 0 Å². The molecule has 3 heteroatoms. The predicted octanol–water partition coefficient (Wildman–Crippen LogP) is 5.98. The number of hydrogen-bond donors (Lipinski definition) is 0. The fourth-order valence-electron chi connectivity index (χ4n) is 1.39. The van der Waals surface area contributed by atoms with E-state index in [4.69, 9.17) is 0 Å². The third-order valence-corrected chi connectivity index (χ3v) is 17.0. The Morgan fingerprint density at radius 2 is 1.15 bits per heavy atom. The molecule has 0 heterocycles. The van der Waals surface area contributed by atoms with Crippen molar-refractivity contribution in [1.82, 2.24) is 0 Å². The van der Waals surface area contributed by atoms with Crippen LogP contribution in [0.2, 0.25) is 8.26 Å². The van der Waals surface area contributed by atoms with E-state index in [-0.39, 0.29) is 0 Å². The van der Waals surface area contributed by atoms with Gasteiger partial charge in [0.15, 0.2) is 0 Å². The average molecular weight is 393 g/mol. The van der Waals surface area contributed by atoms with Gasteiger partial charge in [-0.1, -0.05) is 0 Å². The third kappa shape index (κ3) is 10.1. The molecule has 0 spiro atoms. The Kier molecular flexibility index (Phi) is 10.4. The average Bonchev–Trinajstić information content (AvgIpc) is 2.05. The van der Waals surface area contributed by atoms with Crippen molar-refractivity contribution in [2.75, 3.05) is 0 Å². The van der Waals surface area contributed by atoms with Crippen LogP contribution in [0.1, 0.15) is 52.4 Å². The molecule has 13 heavy (non-hydrogen) atoms. The Bertz CT molecular complexity index is 103. The summed E-state index contributed by atoms with van der Waals surface area (Å²) >= 11 is 6.08. The molecule has 0 rings (SSSR count). The molecule has 0 unspecified atom stereocenters. The number of rotatable bonds is 8. The second kappa shape index (κ2) is 9.10. The van der Waals surface area contributed by atoms with Crippen molar-refractivity contribution in [2.24, 2.45) is 0 Å². The molecular weight excluding hydrogens is 371 g/mol. The first-order chi connectivity index (χ1) is 6.12. The van der Waals surface area contributed by atoms with Gasteiger partial charge in [0, 0.05) is 0 Å². The molecule has 0 aromatic heterocycles. The van der Waals surface area contributed by atoms with Gasteiger partial charge in [-0.15, -0.1) is 0 Å². The summed E-state index contributed by atoms with van der Waals surface area (Å²) in [4.78, 5) is 0. The predicted molar refractivity (Wildman–Crippen MR) is 66.5 cm³/mol. The summed E-state index contributed by atoms with van der Waals surface area (Å²) in [6, 6.07) is 0. The minimum atomic E-state index is -1.86. The normalized spacial score (nSPS) is 12.0. The first-order valence-electron chi connectivity index (χ1n) is 5.50. The van der Waals surface area contributed by atoms with Crippen molar-refractivity contribution < 1.29 is 15.6 Å². The van der Waals surface area contributed by atoms with E-state index in [0.717, 1.165) is 0 Å². The Hall–Kier alpha value is 1.84. The molecule has 0 N–H and O–H groups in total. The van der Waals surface area contributed by atoms with Crippen LogP contribution in [-0.4, -0.2) is 0 Å². The van der Waals surface area contributed by atoms with Gasteiger partial charge in [-0.05, 0) is 0 Å². The first kappa shape index (κ1) is 14.8. The van der Waals surface area contributed by atoms with Gasteiger partial charge < -0.3 is 0 Å². The van der Waals surface area contributed by atoms with Crippen LogP contribution in [0.4, 0.5) is 0 Å². The molecule has 0 bridgehead atoms. The fourth-order valence-corrected chi connectivity index (χ4v) is 12.4. The topological polar surface area (TPSA) is 0 Å². The standard InChI is InChI=1S/2C5H11.2BrH.Zr/c2*1-3-5-4-2;;;/h2*1,3-5H2,2H3;2*1H;/q;;;;+2/p-2. The van der Waals surface area contributed by atoms with Crippen molar-refractivity contribution in [2.45, 2.75) is 60.6 Å². The van der Waals surface area contributed by atoms with Crippen molar-refractivity contribution in [3.8, 4) is 0 Å². The monoisotopic (exact) mass is 390 g/mol. The zero-order valence-electron chi connectivity index (χ0n) is 8.91. The molecule has 80 valence electrons. The van der Waals surface area contributed by atoms with E-state index in [1.54, 1.807) is 0 Å². The van der Waals surface area contributed by atoms with Gasteiger partial charge in [0.25, 0.3) is 0 Å². The van der Waals surface area contributed by atoms with Crippen LogP contribution in [0, 0.1) is 0 Å². The number of hydrogen-bond acceptors (Lipinski definition) is 0. The molecule has 0 aromatic rings. The van der Waals surface area contributed by atoms with Crippen LogP contribution in [-0.2, 0) is 15.6 Å². The van der Waals surface area contributed by atoms with Crippen molar-refractivity contribution in [3.63, 3.8) is 0 Å². The van der Waals surface area contributed by atoms with Crippen LogP contribution in [0.5, 0.6) is 0 Å². The van der Waals surface area contributed by atoms with Crippen molar-refractivity contribution >= 4 is 24.4 Å². The molecule has 0 aliphatic heterocycles. The van der Waals surface area contributed by atoms with Gasteiger partial charge in [-0.2, -0.15) is 0 Å². The van der Waals surface area contributed by atoms with Crippen LogP contribution < -0.4 is 0 Å². The SMILES string of the molecule is CCCC[CH2][Zr]([Br])([Br])[CH2]CCCC. The molecule has 0 aliphatic carbocycles. The van der Waals surface area contributed by atoms with E-state index in [1.165, 1.54) is 46.8 Å². The molecule has 0 aromatic carbocycles. The second-order valence-electron chi connectivity index (χ2n) is 3.77. The van der Waals surface area contributed by atoms with E-state index in [2.05, 4.69) is 38.3 Å². The van der Waals surface area contributed by atoms with Gasteiger partial charge in [0.2, 0.25) is 0 Å². The Labute approximate surface area is 99.6 Å².